The van der Waals surface area contributed by atoms with Crippen LogP contribution >= 0.6 is 0 Å². The summed E-state index contributed by atoms with van der Waals surface area (Å²) in [5.74, 6) is 1.47. The highest BCUT2D eigenvalue weighted by Crippen LogP contribution is 2.44. The van der Waals surface area contributed by atoms with Crippen LogP contribution in [0, 0.1) is 5.92 Å². The van der Waals surface area contributed by atoms with E-state index in [1.807, 2.05) is 0 Å². The highest BCUT2D eigenvalue weighted by Gasteiger charge is 2.44. The second-order valence-electron chi connectivity index (χ2n) is 7.30. The molecular weight excluding hydrogens is 260 g/mol. The largest absolute Gasteiger partial charge is 0.393 e. The van der Waals surface area contributed by atoms with Crippen molar-refractivity contribution in [3.05, 3.63) is 35.4 Å². The molecule has 1 N–H and O–H groups in total. The van der Waals surface area contributed by atoms with Crippen LogP contribution in [-0.2, 0) is 11.2 Å². The zero-order chi connectivity index (χ0) is 14.2. The summed E-state index contributed by atoms with van der Waals surface area (Å²) in [6.07, 6.45) is 10.4. The van der Waals surface area contributed by atoms with Gasteiger partial charge in [-0.3, -0.25) is 0 Å². The first kappa shape index (κ1) is 13.8. The van der Waals surface area contributed by atoms with Gasteiger partial charge < -0.3 is 9.84 Å². The third kappa shape index (κ3) is 3.02. The summed E-state index contributed by atoms with van der Waals surface area (Å²) in [5.41, 5.74) is 3.14. The molecule has 1 saturated heterocycles. The summed E-state index contributed by atoms with van der Waals surface area (Å²) in [7, 11) is 0. The van der Waals surface area contributed by atoms with Crippen molar-refractivity contribution in [3.8, 4) is 0 Å². The van der Waals surface area contributed by atoms with Crippen LogP contribution in [0.5, 0.6) is 0 Å². The van der Waals surface area contributed by atoms with Gasteiger partial charge in [-0.25, -0.2) is 0 Å². The molecular formula is C19H26O2. The molecule has 0 radical (unpaired) electrons. The zero-order valence-corrected chi connectivity index (χ0v) is 12.7. The number of rotatable bonds is 3. The molecule has 2 nitrogen and oxygen atoms in total. The number of ether oxygens (including phenoxy) is 1. The topological polar surface area (TPSA) is 32.8 Å². The highest BCUT2D eigenvalue weighted by molar-refractivity contribution is 5.32. The van der Waals surface area contributed by atoms with E-state index in [0.29, 0.717) is 18.1 Å². The molecule has 3 aliphatic rings. The Balaban J connectivity index is 1.47. The molecule has 21 heavy (non-hydrogen) atoms. The van der Waals surface area contributed by atoms with Crippen LogP contribution in [0.15, 0.2) is 24.3 Å². The van der Waals surface area contributed by atoms with Crippen molar-refractivity contribution in [2.45, 2.75) is 75.6 Å². The van der Waals surface area contributed by atoms with Crippen molar-refractivity contribution in [2.75, 3.05) is 0 Å². The zero-order valence-electron chi connectivity index (χ0n) is 12.7. The Bertz CT molecular complexity index is 490. The first-order valence-corrected chi connectivity index (χ1v) is 8.71. The highest BCUT2D eigenvalue weighted by atomic mass is 16.6. The molecule has 3 unspecified atom stereocenters. The maximum atomic E-state index is 9.67. The maximum Gasteiger partial charge on any atom is 0.0847 e. The van der Waals surface area contributed by atoms with Gasteiger partial charge >= 0.3 is 0 Å². The lowest BCUT2D eigenvalue weighted by atomic mass is 9.78. The van der Waals surface area contributed by atoms with E-state index in [2.05, 4.69) is 24.3 Å². The molecule has 0 spiro atoms. The molecule has 1 aromatic carbocycles. The normalized spacial score (nSPS) is 38.8. The van der Waals surface area contributed by atoms with Crippen molar-refractivity contribution >= 4 is 0 Å². The van der Waals surface area contributed by atoms with Crippen LogP contribution < -0.4 is 0 Å². The van der Waals surface area contributed by atoms with E-state index >= 15 is 0 Å². The molecule has 1 aromatic rings. The summed E-state index contributed by atoms with van der Waals surface area (Å²) in [4.78, 5) is 0. The lowest BCUT2D eigenvalue weighted by Gasteiger charge is -2.28. The minimum Gasteiger partial charge on any atom is -0.393 e. The van der Waals surface area contributed by atoms with Gasteiger partial charge in [0.25, 0.3) is 0 Å². The van der Waals surface area contributed by atoms with Crippen molar-refractivity contribution in [2.24, 2.45) is 5.92 Å². The summed E-state index contributed by atoms with van der Waals surface area (Å²) in [6.45, 7) is 0. The van der Waals surface area contributed by atoms with E-state index < -0.39 is 0 Å². The average molecular weight is 286 g/mol. The summed E-state index contributed by atoms with van der Waals surface area (Å²) >= 11 is 0. The number of aliphatic hydroxyl groups is 1. The van der Waals surface area contributed by atoms with Crippen LogP contribution in [0.2, 0.25) is 0 Å². The molecule has 3 atom stereocenters. The van der Waals surface area contributed by atoms with Crippen molar-refractivity contribution in [1.82, 2.24) is 0 Å². The summed E-state index contributed by atoms with van der Waals surface area (Å²) in [6, 6.07) is 9.07. The minimum absolute atomic E-state index is 0.0428. The van der Waals surface area contributed by atoms with Crippen molar-refractivity contribution < 1.29 is 9.84 Å². The van der Waals surface area contributed by atoms with E-state index in [9.17, 15) is 5.11 Å². The van der Waals surface area contributed by atoms with Crippen LogP contribution in [0.4, 0.5) is 0 Å². The monoisotopic (exact) mass is 286 g/mol. The summed E-state index contributed by atoms with van der Waals surface area (Å²) < 4.78 is 5.70. The van der Waals surface area contributed by atoms with Gasteiger partial charge in [0, 0.05) is 0 Å². The van der Waals surface area contributed by atoms with E-state index in [1.54, 1.807) is 11.1 Å². The van der Waals surface area contributed by atoms with E-state index in [0.717, 1.165) is 18.8 Å². The van der Waals surface area contributed by atoms with Gasteiger partial charge in [0.1, 0.15) is 0 Å². The predicted octanol–water partition coefficient (Wildman–Crippen LogP) is 3.82. The predicted molar refractivity (Wildman–Crippen MR) is 83.4 cm³/mol. The second kappa shape index (κ2) is 5.73. The van der Waals surface area contributed by atoms with E-state index in [4.69, 9.17) is 4.74 Å². The Labute approximate surface area is 127 Å². The molecule has 0 amide bonds. The number of hydrogen-bond donors (Lipinski definition) is 1. The third-order valence-electron chi connectivity index (χ3n) is 5.82. The first-order valence-electron chi connectivity index (χ1n) is 8.71. The van der Waals surface area contributed by atoms with E-state index in [1.165, 1.54) is 38.5 Å². The smallest absolute Gasteiger partial charge is 0.0847 e. The molecule has 114 valence electrons. The van der Waals surface area contributed by atoms with Crippen molar-refractivity contribution in [3.63, 3.8) is 0 Å². The Morgan fingerprint density at radius 1 is 0.952 bits per heavy atom. The number of fused-ring (bicyclic) bond motifs is 1. The average Bonchev–Trinajstić information content (AvgIpc) is 3.29. The SMILES string of the molecule is OC1CCC(Cc2ccccc2C2CCC3OC3C2)CC1. The number of benzene rings is 1. The Kier molecular flexibility index (Phi) is 3.76. The fourth-order valence-electron chi connectivity index (χ4n) is 4.46. The van der Waals surface area contributed by atoms with Crippen LogP contribution in [0.25, 0.3) is 0 Å². The molecule has 1 heterocycles. The fourth-order valence-corrected chi connectivity index (χ4v) is 4.46. The molecule has 2 aliphatic carbocycles. The third-order valence-corrected chi connectivity index (χ3v) is 5.82. The quantitative estimate of drug-likeness (QED) is 0.857. The second-order valence-corrected chi connectivity index (χ2v) is 7.30. The molecule has 1 aliphatic heterocycles. The van der Waals surface area contributed by atoms with Crippen molar-refractivity contribution in [1.29, 1.82) is 0 Å². The molecule has 2 saturated carbocycles. The molecule has 3 fully saturated rings. The van der Waals surface area contributed by atoms with E-state index in [-0.39, 0.29) is 6.10 Å². The van der Waals surface area contributed by atoms with Gasteiger partial charge in [-0.2, -0.15) is 0 Å². The molecule has 4 rings (SSSR count). The Hall–Kier alpha value is -0.860. The first-order chi connectivity index (χ1) is 10.3. The van der Waals surface area contributed by atoms with Gasteiger partial charge in [-0.1, -0.05) is 24.3 Å². The standard InChI is InChI=1S/C19H26O2/c20-16-8-5-13(6-9-16)11-14-3-1-2-4-17(14)15-7-10-18-19(12-15)21-18/h1-4,13,15-16,18-20H,5-12H2. The van der Waals surface area contributed by atoms with Gasteiger partial charge in [-0.05, 0) is 74.3 Å². The van der Waals surface area contributed by atoms with Gasteiger partial charge in [0.05, 0.1) is 18.3 Å². The maximum absolute atomic E-state index is 9.67. The number of epoxide rings is 1. The lowest BCUT2D eigenvalue weighted by molar-refractivity contribution is 0.108. The molecule has 2 heteroatoms. The van der Waals surface area contributed by atoms with Crippen LogP contribution in [0.1, 0.15) is 62.0 Å². The molecule has 0 aromatic heterocycles. The van der Waals surface area contributed by atoms with Gasteiger partial charge in [0.15, 0.2) is 0 Å². The lowest BCUT2D eigenvalue weighted by Crippen LogP contribution is -2.20. The van der Waals surface area contributed by atoms with Gasteiger partial charge in [-0.15, -0.1) is 0 Å². The van der Waals surface area contributed by atoms with Crippen LogP contribution in [-0.4, -0.2) is 23.4 Å². The Morgan fingerprint density at radius 3 is 2.57 bits per heavy atom. The van der Waals surface area contributed by atoms with Gasteiger partial charge in [0.2, 0.25) is 0 Å². The summed E-state index contributed by atoms with van der Waals surface area (Å²) in [5, 5.41) is 9.67. The van der Waals surface area contributed by atoms with Crippen LogP contribution in [0.3, 0.4) is 0 Å². The molecule has 0 bridgehead atoms. The minimum atomic E-state index is -0.0428. The Morgan fingerprint density at radius 2 is 1.76 bits per heavy atom. The number of hydrogen-bond acceptors (Lipinski definition) is 2. The fraction of sp³-hybridized carbons (Fsp3) is 0.684. The number of aliphatic hydroxyl groups excluding tert-OH is 1.